The van der Waals surface area contributed by atoms with E-state index in [1.54, 1.807) is 0 Å². The van der Waals surface area contributed by atoms with Crippen molar-refractivity contribution in [3.63, 3.8) is 0 Å². The number of benzene rings is 5. The molecule has 0 aliphatic rings. The number of imidazole rings is 2. The molecule has 0 atom stereocenters. The number of nitrogens with zero attached hydrogens (tertiary/aromatic N) is 4. The molecule has 0 fully saturated rings. The van der Waals surface area contributed by atoms with E-state index in [-0.39, 0.29) is 0 Å². The Kier molecular flexibility index (Phi) is 5.41. The second-order valence-electron chi connectivity index (χ2n) is 9.21. The van der Waals surface area contributed by atoms with Crippen LogP contribution in [0, 0.1) is 0 Å². The van der Waals surface area contributed by atoms with E-state index < -0.39 is 0 Å². The average Bonchev–Trinajstić information content (AvgIpc) is 3.65. The molecule has 4 heteroatoms. The molecule has 0 aliphatic heterocycles. The lowest BCUT2D eigenvalue weighted by atomic mass is 9.95. The van der Waals surface area contributed by atoms with Crippen LogP contribution in [-0.2, 0) is 0 Å². The van der Waals surface area contributed by atoms with Gasteiger partial charge in [0.2, 0.25) is 0 Å². The van der Waals surface area contributed by atoms with Crippen LogP contribution in [0.3, 0.4) is 0 Å². The van der Waals surface area contributed by atoms with Gasteiger partial charge in [0, 0.05) is 34.8 Å². The third kappa shape index (κ3) is 3.80. The first-order valence-electron chi connectivity index (χ1n) is 12.7. The lowest BCUT2D eigenvalue weighted by Crippen LogP contribution is -2.02. The van der Waals surface area contributed by atoms with Crippen molar-refractivity contribution in [1.82, 2.24) is 19.1 Å². The molecule has 5 aromatic carbocycles. The van der Waals surface area contributed by atoms with Crippen molar-refractivity contribution in [2.75, 3.05) is 0 Å². The van der Waals surface area contributed by atoms with Crippen molar-refractivity contribution in [2.24, 2.45) is 0 Å². The molecule has 0 unspecified atom stereocenters. The molecule has 0 saturated carbocycles. The van der Waals surface area contributed by atoms with E-state index in [0.29, 0.717) is 0 Å². The summed E-state index contributed by atoms with van der Waals surface area (Å²) in [5.41, 5.74) is 9.85. The number of para-hydroxylation sites is 2. The van der Waals surface area contributed by atoms with Crippen LogP contribution in [0.25, 0.3) is 56.0 Å². The second-order valence-corrected chi connectivity index (χ2v) is 9.21. The summed E-state index contributed by atoms with van der Waals surface area (Å²) in [7, 11) is 0. The molecule has 38 heavy (non-hydrogen) atoms. The zero-order valence-electron chi connectivity index (χ0n) is 20.6. The van der Waals surface area contributed by atoms with Gasteiger partial charge >= 0.3 is 0 Å². The summed E-state index contributed by atoms with van der Waals surface area (Å²) in [4.78, 5) is 9.50. The van der Waals surface area contributed by atoms with Crippen molar-refractivity contribution in [2.45, 2.75) is 0 Å². The standard InChI is InChI=1S/C34H24N4/c1-4-11-25(12-5-1)29-17-10-18-30(26-13-6-2-7-14-26)33(29)37-22-21-35-34(37)27-19-20-31-32(23-27)38(24-36-31)28-15-8-3-9-16-28/h1-24H. The number of rotatable bonds is 5. The van der Waals surface area contributed by atoms with Gasteiger partial charge in [0.15, 0.2) is 0 Å². The van der Waals surface area contributed by atoms with Gasteiger partial charge in [0.1, 0.15) is 12.2 Å². The highest BCUT2D eigenvalue weighted by molar-refractivity contribution is 5.88. The van der Waals surface area contributed by atoms with Gasteiger partial charge in [-0.3, -0.25) is 9.13 Å². The van der Waals surface area contributed by atoms with Crippen molar-refractivity contribution >= 4 is 11.0 Å². The highest BCUT2D eigenvalue weighted by Crippen LogP contribution is 2.38. The maximum absolute atomic E-state index is 4.86. The number of aromatic nitrogens is 4. The molecule has 0 N–H and O–H groups in total. The topological polar surface area (TPSA) is 35.6 Å². The lowest BCUT2D eigenvalue weighted by molar-refractivity contribution is 1.07. The van der Waals surface area contributed by atoms with Gasteiger partial charge < -0.3 is 0 Å². The normalized spacial score (nSPS) is 11.2. The highest BCUT2D eigenvalue weighted by atomic mass is 15.1. The average molecular weight is 489 g/mol. The summed E-state index contributed by atoms with van der Waals surface area (Å²) >= 11 is 0. The summed E-state index contributed by atoms with van der Waals surface area (Å²) in [6, 6.07) is 44.3. The molecule has 180 valence electrons. The van der Waals surface area contributed by atoms with E-state index in [4.69, 9.17) is 4.98 Å². The zero-order chi connectivity index (χ0) is 25.3. The molecule has 0 saturated heterocycles. The Morgan fingerprint density at radius 2 is 1.13 bits per heavy atom. The largest absolute Gasteiger partial charge is 0.299 e. The Labute approximate surface area is 221 Å². The molecule has 0 radical (unpaired) electrons. The SMILES string of the molecule is c1ccc(-c2cccc(-c3ccccc3)c2-n2ccnc2-c2ccc3ncn(-c4ccccc4)c3c2)cc1. The Morgan fingerprint density at radius 1 is 0.500 bits per heavy atom. The van der Waals surface area contributed by atoms with Gasteiger partial charge in [-0.1, -0.05) is 97.1 Å². The Balaban J connectivity index is 1.45. The maximum atomic E-state index is 4.86. The maximum Gasteiger partial charge on any atom is 0.144 e. The first-order chi connectivity index (χ1) is 18.9. The van der Waals surface area contributed by atoms with Crippen LogP contribution in [-0.4, -0.2) is 19.1 Å². The molecule has 0 spiro atoms. The molecular weight excluding hydrogens is 464 g/mol. The molecule has 0 aliphatic carbocycles. The van der Waals surface area contributed by atoms with E-state index in [9.17, 15) is 0 Å². The highest BCUT2D eigenvalue weighted by Gasteiger charge is 2.18. The first-order valence-corrected chi connectivity index (χ1v) is 12.7. The summed E-state index contributed by atoms with van der Waals surface area (Å²) in [6.07, 6.45) is 5.82. The van der Waals surface area contributed by atoms with Gasteiger partial charge in [-0.05, 0) is 41.5 Å². The molecule has 4 nitrogen and oxygen atoms in total. The van der Waals surface area contributed by atoms with Crippen LogP contribution in [0.4, 0.5) is 0 Å². The van der Waals surface area contributed by atoms with Crippen molar-refractivity contribution in [3.05, 3.63) is 146 Å². The van der Waals surface area contributed by atoms with Crippen LogP contribution in [0.5, 0.6) is 0 Å². The monoisotopic (exact) mass is 488 g/mol. The minimum Gasteiger partial charge on any atom is -0.299 e. The summed E-state index contributed by atoms with van der Waals surface area (Å²) in [5.74, 6) is 0.883. The number of fused-ring (bicyclic) bond motifs is 1. The minimum absolute atomic E-state index is 0.883. The summed E-state index contributed by atoms with van der Waals surface area (Å²) < 4.78 is 4.34. The van der Waals surface area contributed by atoms with Gasteiger partial charge in [-0.25, -0.2) is 9.97 Å². The fraction of sp³-hybridized carbons (Fsp3) is 0. The summed E-state index contributed by atoms with van der Waals surface area (Å²) in [5, 5.41) is 0. The third-order valence-electron chi connectivity index (χ3n) is 6.93. The van der Waals surface area contributed by atoms with E-state index in [1.165, 1.54) is 0 Å². The number of hydrogen-bond donors (Lipinski definition) is 0. The van der Waals surface area contributed by atoms with Crippen LogP contribution < -0.4 is 0 Å². The number of hydrogen-bond acceptors (Lipinski definition) is 2. The fourth-order valence-electron chi connectivity index (χ4n) is 5.14. The van der Waals surface area contributed by atoms with Crippen LogP contribution in [0.1, 0.15) is 0 Å². The third-order valence-corrected chi connectivity index (χ3v) is 6.93. The quantitative estimate of drug-likeness (QED) is 0.245. The van der Waals surface area contributed by atoms with Gasteiger partial charge in [-0.15, -0.1) is 0 Å². The van der Waals surface area contributed by atoms with Crippen molar-refractivity contribution in [1.29, 1.82) is 0 Å². The fourth-order valence-corrected chi connectivity index (χ4v) is 5.14. The lowest BCUT2D eigenvalue weighted by Gasteiger charge is -2.19. The molecule has 2 heterocycles. The minimum atomic E-state index is 0.883. The zero-order valence-corrected chi connectivity index (χ0v) is 20.6. The van der Waals surface area contributed by atoms with Crippen molar-refractivity contribution < 1.29 is 0 Å². The second kappa shape index (κ2) is 9.34. The molecular formula is C34H24N4. The van der Waals surface area contributed by atoms with Gasteiger partial charge in [0.05, 0.1) is 16.7 Å². The molecule has 0 amide bonds. The molecule has 7 aromatic rings. The Morgan fingerprint density at radius 3 is 1.79 bits per heavy atom. The van der Waals surface area contributed by atoms with Crippen LogP contribution in [0.15, 0.2) is 146 Å². The Bertz CT molecular complexity index is 1790. The smallest absolute Gasteiger partial charge is 0.144 e. The van der Waals surface area contributed by atoms with E-state index in [0.717, 1.165) is 56.0 Å². The molecule has 0 bridgehead atoms. The van der Waals surface area contributed by atoms with Crippen molar-refractivity contribution in [3.8, 4) is 45.0 Å². The Hall–Kier alpha value is -5.22. The molecule has 2 aromatic heterocycles. The first kappa shape index (κ1) is 22.0. The van der Waals surface area contributed by atoms with Crippen LogP contribution >= 0.6 is 0 Å². The van der Waals surface area contributed by atoms with Crippen LogP contribution in [0.2, 0.25) is 0 Å². The van der Waals surface area contributed by atoms with E-state index >= 15 is 0 Å². The van der Waals surface area contributed by atoms with E-state index in [2.05, 4.69) is 130 Å². The predicted octanol–water partition coefficient (Wildman–Crippen LogP) is 8.21. The predicted molar refractivity (Wildman–Crippen MR) is 154 cm³/mol. The molecule has 7 rings (SSSR count). The summed E-state index contributed by atoms with van der Waals surface area (Å²) in [6.45, 7) is 0. The van der Waals surface area contributed by atoms with Gasteiger partial charge in [0.25, 0.3) is 0 Å². The van der Waals surface area contributed by atoms with Gasteiger partial charge in [-0.2, -0.15) is 0 Å². The van der Waals surface area contributed by atoms with E-state index in [1.807, 2.05) is 30.7 Å².